The van der Waals surface area contributed by atoms with Crippen LogP contribution in [0.2, 0.25) is 0 Å². The number of hydrogen-bond donors (Lipinski definition) is 1. The van der Waals surface area contributed by atoms with Crippen LogP contribution in [0.5, 0.6) is 0 Å². The first-order valence-electron chi connectivity index (χ1n) is 4.94. The average Bonchev–Trinajstić information content (AvgIpc) is 2.76. The summed E-state index contributed by atoms with van der Waals surface area (Å²) in [6.45, 7) is 4.66. The van der Waals surface area contributed by atoms with Crippen LogP contribution in [0.4, 0.5) is 0 Å². The number of hydrogen-bond acceptors (Lipinski definition) is 1. The molecule has 11 heavy (non-hydrogen) atoms. The first-order chi connectivity index (χ1) is 5.18. The fraction of sp³-hybridized carbons (Fsp3) is 1.00. The molecule has 0 saturated heterocycles. The minimum Gasteiger partial charge on any atom is -0.327 e. The van der Waals surface area contributed by atoms with E-state index in [9.17, 15) is 0 Å². The molecule has 4 unspecified atom stereocenters. The second-order valence-electron chi connectivity index (χ2n) is 4.75. The molecule has 0 bridgehead atoms. The van der Waals surface area contributed by atoms with Crippen LogP contribution in [-0.4, -0.2) is 6.04 Å². The average molecular weight is 153 g/mol. The lowest BCUT2D eigenvalue weighted by atomic mass is 10.0. The molecule has 5 atom stereocenters. The van der Waals surface area contributed by atoms with Gasteiger partial charge in [-0.05, 0) is 42.9 Å². The molecule has 2 fully saturated rings. The van der Waals surface area contributed by atoms with E-state index in [1.807, 2.05) is 0 Å². The molecule has 0 aromatic heterocycles. The molecule has 1 nitrogen and oxygen atoms in total. The Hall–Kier alpha value is -0.0400. The Labute approximate surface area is 69.4 Å². The maximum Gasteiger partial charge on any atom is 0.00725 e. The molecular formula is C10H19N. The Balaban J connectivity index is 1.70. The zero-order chi connectivity index (χ0) is 8.01. The molecule has 2 aliphatic carbocycles. The molecule has 0 heterocycles. The summed E-state index contributed by atoms with van der Waals surface area (Å²) >= 11 is 0. The van der Waals surface area contributed by atoms with Crippen LogP contribution in [0.25, 0.3) is 0 Å². The Morgan fingerprint density at radius 3 is 2.18 bits per heavy atom. The minimum absolute atomic E-state index is 0.528. The third kappa shape index (κ3) is 1.58. The van der Waals surface area contributed by atoms with Crippen LogP contribution < -0.4 is 5.73 Å². The molecule has 2 N–H and O–H groups in total. The van der Waals surface area contributed by atoms with Crippen LogP contribution in [0.15, 0.2) is 0 Å². The highest BCUT2D eigenvalue weighted by atomic mass is 14.7. The predicted molar refractivity (Wildman–Crippen MR) is 47.1 cm³/mol. The summed E-state index contributed by atoms with van der Waals surface area (Å²) in [6.07, 6.45) is 4.13. The monoisotopic (exact) mass is 153 g/mol. The molecule has 1 heteroatoms. The zero-order valence-corrected chi connectivity index (χ0v) is 7.59. The maximum absolute atomic E-state index is 6.07. The molecule has 64 valence electrons. The minimum atomic E-state index is 0.528. The van der Waals surface area contributed by atoms with Crippen molar-refractivity contribution < 1.29 is 0 Å². The van der Waals surface area contributed by atoms with Crippen LogP contribution >= 0.6 is 0 Å². The summed E-state index contributed by atoms with van der Waals surface area (Å²) in [6, 6.07) is 0.528. The van der Waals surface area contributed by atoms with E-state index in [0.29, 0.717) is 6.04 Å². The van der Waals surface area contributed by atoms with Crippen molar-refractivity contribution in [1.82, 2.24) is 0 Å². The van der Waals surface area contributed by atoms with Gasteiger partial charge in [0.1, 0.15) is 0 Å². The quantitative estimate of drug-likeness (QED) is 0.659. The van der Waals surface area contributed by atoms with Crippen molar-refractivity contribution in [3.8, 4) is 0 Å². The molecular weight excluding hydrogens is 134 g/mol. The van der Waals surface area contributed by atoms with Gasteiger partial charge in [0.05, 0.1) is 0 Å². The molecule has 0 aliphatic heterocycles. The van der Waals surface area contributed by atoms with Crippen molar-refractivity contribution >= 4 is 0 Å². The van der Waals surface area contributed by atoms with E-state index in [4.69, 9.17) is 5.73 Å². The number of rotatable bonds is 3. The fourth-order valence-corrected chi connectivity index (χ4v) is 2.20. The van der Waals surface area contributed by atoms with Gasteiger partial charge in [-0.1, -0.05) is 13.8 Å². The summed E-state index contributed by atoms with van der Waals surface area (Å²) in [5.74, 6) is 3.77. The second kappa shape index (κ2) is 2.48. The third-order valence-corrected chi connectivity index (χ3v) is 3.57. The van der Waals surface area contributed by atoms with E-state index >= 15 is 0 Å². The largest absolute Gasteiger partial charge is 0.327 e. The van der Waals surface area contributed by atoms with Crippen molar-refractivity contribution in [2.45, 2.75) is 39.2 Å². The van der Waals surface area contributed by atoms with Gasteiger partial charge in [-0.3, -0.25) is 0 Å². The Morgan fingerprint density at radius 2 is 1.82 bits per heavy atom. The summed E-state index contributed by atoms with van der Waals surface area (Å²) in [4.78, 5) is 0. The van der Waals surface area contributed by atoms with Crippen LogP contribution in [-0.2, 0) is 0 Å². The van der Waals surface area contributed by atoms with Gasteiger partial charge in [-0.2, -0.15) is 0 Å². The van der Waals surface area contributed by atoms with Gasteiger partial charge in [0.2, 0.25) is 0 Å². The number of nitrogens with two attached hydrogens (primary N) is 1. The Morgan fingerprint density at radius 1 is 1.27 bits per heavy atom. The van der Waals surface area contributed by atoms with Gasteiger partial charge < -0.3 is 5.73 Å². The summed E-state index contributed by atoms with van der Waals surface area (Å²) in [5, 5.41) is 0. The van der Waals surface area contributed by atoms with E-state index in [1.54, 1.807) is 0 Å². The fourth-order valence-electron chi connectivity index (χ4n) is 2.20. The molecule has 0 amide bonds. The Kier molecular flexibility index (Phi) is 1.71. The highest BCUT2D eigenvalue weighted by Gasteiger charge is 2.42. The van der Waals surface area contributed by atoms with Crippen LogP contribution in [0.1, 0.15) is 33.1 Å². The Bertz CT molecular complexity index is 155. The lowest BCUT2D eigenvalue weighted by Gasteiger charge is -2.09. The molecule has 0 spiro atoms. The van der Waals surface area contributed by atoms with E-state index in [0.717, 1.165) is 23.7 Å². The van der Waals surface area contributed by atoms with Gasteiger partial charge in [-0.15, -0.1) is 0 Å². The first kappa shape index (κ1) is 7.60. The van der Waals surface area contributed by atoms with E-state index in [2.05, 4.69) is 13.8 Å². The topological polar surface area (TPSA) is 26.0 Å². The van der Waals surface area contributed by atoms with Crippen LogP contribution in [0, 0.1) is 23.7 Å². The van der Waals surface area contributed by atoms with Gasteiger partial charge >= 0.3 is 0 Å². The van der Waals surface area contributed by atoms with Crippen molar-refractivity contribution in [3.05, 3.63) is 0 Å². The van der Waals surface area contributed by atoms with Gasteiger partial charge in [-0.25, -0.2) is 0 Å². The normalized spacial score (nSPS) is 50.5. The first-order valence-corrected chi connectivity index (χ1v) is 4.94. The predicted octanol–water partition coefficient (Wildman–Crippen LogP) is 2.02. The van der Waals surface area contributed by atoms with E-state index < -0.39 is 0 Å². The maximum atomic E-state index is 6.07. The van der Waals surface area contributed by atoms with E-state index in [-0.39, 0.29) is 0 Å². The summed E-state index contributed by atoms with van der Waals surface area (Å²) < 4.78 is 0. The SMILES string of the molecule is CC1CC1C[C@H](N)C1CC1C. The lowest BCUT2D eigenvalue weighted by Crippen LogP contribution is -2.23. The molecule has 2 saturated carbocycles. The van der Waals surface area contributed by atoms with Gasteiger partial charge in [0.25, 0.3) is 0 Å². The molecule has 0 aromatic carbocycles. The third-order valence-electron chi connectivity index (χ3n) is 3.57. The van der Waals surface area contributed by atoms with Crippen molar-refractivity contribution in [2.75, 3.05) is 0 Å². The van der Waals surface area contributed by atoms with Crippen LogP contribution in [0.3, 0.4) is 0 Å². The highest BCUT2D eigenvalue weighted by Crippen LogP contribution is 2.47. The van der Waals surface area contributed by atoms with Gasteiger partial charge in [0.15, 0.2) is 0 Å². The second-order valence-corrected chi connectivity index (χ2v) is 4.75. The zero-order valence-electron chi connectivity index (χ0n) is 7.59. The molecule has 0 aromatic rings. The van der Waals surface area contributed by atoms with Crippen molar-refractivity contribution in [1.29, 1.82) is 0 Å². The summed E-state index contributed by atoms with van der Waals surface area (Å²) in [5.41, 5.74) is 6.07. The van der Waals surface area contributed by atoms with Gasteiger partial charge in [0, 0.05) is 6.04 Å². The molecule has 0 radical (unpaired) electrons. The molecule has 2 aliphatic rings. The smallest absolute Gasteiger partial charge is 0.00725 e. The standard InChI is InChI=1S/C10H19N/c1-6-3-8(6)5-10(11)9-4-7(9)2/h6-10H,3-5,11H2,1-2H3/t6?,7?,8?,9?,10-/m0/s1. The highest BCUT2D eigenvalue weighted by molar-refractivity contribution is 4.95. The lowest BCUT2D eigenvalue weighted by molar-refractivity contribution is 0.483. The van der Waals surface area contributed by atoms with Crippen molar-refractivity contribution in [3.63, 3.8) is 0 Å². The van der Waals surface area contributed by atoms with Crippen molar-refractivity contribution in [2.24, 2.45) is 29.4 Å². The van der Waals surface area contributed by atoms with E-state index in [1.165, 1.54) is 19.3 Å². The molecule has 2 rings (SSSR count). The summed E-state index contributed by atoms with van der Waals surface area (Å²) in [7, 11) is 0.